The van der Waals surface area contributed by atoms with E-state index in [1.54, 1.807) is 15.8 Å². The van der Waals surface area contributed by atoms with Crippen LogP contribution in [0, 0.1) is 13.8 Å². The molecule has 1 aliphatic rings. The molecule has 0 aromatic heterocycles. The van der Waals surface area contributed by atoms with Crippen molar-refractivity contribution in [1.82, 2.24) is 0 Å². The number of aryl methyl sites for hydroxylation is 4. The van der Waals surface area contributed by atoms with E-state index in [0.717, 1.165) is 114 Å². The monoisotopic (exact) mass is 1130 g/mol. The zero-order valence-corrected chi connectivity index (χ0v) is 55.9. The number of hydrogen-bond donors (Lipinski definition) is 0. The first-order chi connectivity index (χ1) is 38.3. The van der Waals surface area contributed by atoms with E-state index in [4.69, 9.17) is 0 Å². The van der Waals surface area contributed by atoms with Gasteiger partial charge in [0.2, 0.25) is 11.4 Å². The van der Waals surface area contributed by atoms with E-state index in [0.29, 0.717) is 0 Å². The molecule has 0 atom stereocenters. The van der Waals surface area contributed by atoms with Crippen LogP contribution in [-0.4, -0.2) is 4.70 Å². The summed E-state index contributed by atoms with van der Waals surface area (Å²) in [4.78, 5) is 0. The van der Waals surface area contributed by atoms with Gasteiger partial charge >= 0.3 is 16.5 Å². The van der Waals surface area contributed by atoms with Crippen LogP contribution in [0.15, 0.2) is 35.4 Å². The van der Waals surface area contributed by atoms with Crippen LogP contribution in [0.1, 0.15) is 383 Å². The van der Waals surface area contributed by atoms with Gasteiger partial charge in [0.05, 0.1) is 0 Å². The molecule has 0 unspecified atom stereocenters. The molecule has 458 valence electrons. The molecule has 2 aromatic carbocycles. The van der Waals surface area contributed by atoms with Crippen molar-refractivity contribution in [3.05, 3.63) is 99.3 Å². The van der Waals surface area contributed by atoms with Crippen LogP contribution >= 0.6 is 0 Å². The van der Waals surface area contributed by atoms with Gasteiger partial charge in [-0.3, -0.25) is 0 Å². The van der Waals surface area contributed by atoms with Gasteiger partial charge in [-0.1, -0.05) is 300 Å². The number of benzene rings is 2. The Kier molecular flexibility index (Phi) is 52.6. The molecule has 0 saturated carbocycles. The van der Waals surface area contributed by atoms with E-state index in [-0.39, 0.29) is 16.5 Å². The van der Waals surface area contributed by atoms with Crippen LogP contribution in [0.4, 0.5) is 0 Å². The van der Waals surface area contributed by atoms with Gasteiger partial charge in [-0.2, -0.15) is 12.8 Å². The minimum atomic E-state index is 0. The maximum Gasteiger partial charge on any atom is 2.00 e. The molecule has 3 rings (SSSR count). The molecular weight excluding hydrogens is 1000 g/mol. The largest absolute Gasteiger partial charge is 2.00 e. The molecule has 1 heterocycles. The van der Waals surface area contributed by atoms with E-state index in [1.807, 2.05) is 0 Å². The predicted octanol–water partition coefficient (Wildman–Crippen LogP) is 26.3. The summed E-state index contributed by atoms with van der Waals surface area (Å²) < 4.78 is 1.67. The Hall–Kier alpha value is -1.99. The maximum atomic E-state index is 12.5. The Morgan fingerprint density at radius 2 is 0.506 bits per heavy atom. The summed E-state index contributed by atoms with van der Waals surface area (Å²) in [6.07, 6.45) is 62.6. The van der Waals surface area contributed by atoms with Crippen LogP contribution in [0.3, 0.4) is 0 Å². The average Bonchev–Trinajstić information content (AvgIpc) is 3.82. The first-order valence-electron chi connectivity index (χ1n) is 35.1. The summed E-state index contributed by atoms with van der Waals surface area (Å²) in [5.74, 6) is 0. The molecule has 0 saturated heterocycles. The minimum Gasteiger partial charge on any atom is -0.493 e. The van der Waals surface area contributed by atoms with Gasteiger partial charge in [-0.05, 0) is 122 Å². The molecular formula is C76H134N2Ni. The summed E-state index contributed by atoms with van der Waals surface area (Å²) >= 11 is 0. The van der Waals surface area contributed by atoms with E-state index < -0.39 is 0 Å². The summed E-state index contributed by atoms with van der Waals surface area (Å²) in [7, 11) is 0. The Bertz CT molecular complexity index is 1700. The molecule has 2 aromatic rings. The van der Waals surface area contributed by atoms with Crippen LogP contribution in [0.25, 0.3) is 16.9 Å². The van der Waals surface area contributed by atoms with Gasteiger partial charge in [0.1, 0.15) is 0 Å². The van der Waals surface area contributed by atoms with Gasteiger partial charge in [0, 0.05) is 22.3 Å². The third-order valence-electron chi connectivity index (χ3n) is 16.6. The van der Waals surface area contributed by atoms with Crippen molar-refractivity contribution in [2.75, 3.05) is 0 Å². The van der Waals surface area contributed by atoms with Gasteiger partial charge in [0.15, 0.2) is 0 Å². The minimum absolute atomic E-state index is 0. The third-order valence-corrected chi connectivity index (χ3v) is 16.6. The Balaban J connectivity index is 0.00000151. The quantitative estimate of drug-likeness (QED) is 0.0273. The number of rotatable bonds is 48. The molecule has 0 amide bonds. The van der Waals surface area contributed by atoms with Crippen LogP contribution in [-0.2, 0) is 55.0 Å². The molecule has 0 bridgehead atoms. The average molecular weight is 1130 g/mol. The van der Waals surface area contributed by atoms with Crippen molar-refractivity contribution < 1.29 is 21.2 Å². The summed E-state index contributed by atoms with van der Waals surface area (Å²) in [6, 6.07) is 9.86. The molecule has 0 aliphatic carbocycles. The third kappa shape index (κ3) is 33.2. The topological polar surface area (TPSA) is 25.3 Å². The normalized spacial score (nSPS) is 12.3. The fourth-order valence-electron chi connectivity index (χ4n) is 12.2. The molecule has 79 heavy (non-hydrogen) atoms. The molecule has 0 N–H and O–H groups in total. The van der Waals surface area contributed by atoms with E-state index in [2.05, 4.69) is 107 Å². The van der Waals surface area contributed by atoms with E-state index in [1.165, 1.54) is 250 Å². The van der Waals surface area contributed by atoms with Crippen molar-refractivity contribution in [2.24, 2.45) is 0 Å². The smallest absolute Gasteiger partial charge is 0.493 e. The summed E-state index contributed by atoms with van der Waals surface area (Å²) in [5, 5.41) is 0. The van der Waals surface area contributed by atoms with E-state index >= 15 is 0 Å². The summed E-state index contributed by atoms with van der Waals surface area (Å²) in [6.45, 7) is 30.8. The fraction of sp³-hybridized carbons (Fsp3) is 0.763. The first-order valence-corrected chi connectivity index (χ1v) is 35.1. The Labute approximate surface area is 506 Å². The van der Waals surface area contributed by atoms with Gasteiger partial charge < -0.3 is 19.4 Å². The molecule has 0 radical (unpaired) electrons. The molecule has 0 spiro atoms. The zero-order chi connectivity index (χ0) is 57.3. The molecule has 3 heteroatoms. The molecule has 2 nitrogen and oxygen atoms in total. The van der Waals surface area contributed by atoms with Gasteiger partial charge in [0.25, 0.3) is 0 Å². The SMILES string of the molecule is CCCCCCC1=C(c2cc(CCC)c(CCC)c(CCC)c2)[N+](=[N-])C(c2cc(CCC)c(CCC)c(CCC)c2)=C1CCCC.[CH2-]CCCCCCCCCCCCCCC.[CH2-]CCCCCCCCCCCCCCC.[Ni+2]. The van der Waals surface area contributed by atoms with Crippen molar-refractivity contribution in [3.63, 3.8) is 0 Å². The van der Waals surface area contributed by atoms with Crippen molar-refractivity contribution in [2.45, 2.75) is 377 Å². The fourth-order valence-corrected chi connectivity index (χ4v) is 12.2. The van der Waals surface area contributed by atoms with E-state index in [9.17, 15) is 5.53 Å². The van der Waals surface area contributed by atoms with Crippen LogP contribution < -0.4 is 0 Å². The van der Waals surface area contributed by atoms with Crippen molar-refractivity contribution in [3.8, 4) is 0 Å². The standard InChI is InChI=1S/C44H68N2.2C16H33.Ni/c1-9-17-19-20-28-42-41(27-18-10-2)43(37-29-33(21-11-3)39(25-15-7)34(30-37)22-12-4)46(45)44(42)38-31-35(23-13-5)40(26-16-8)36(32-38)24-14-6;2*1-3-5-7-9-11-13-15-16-14-12-10-8-6-4-2;/h29-32H,9-28H2,1-8H3;2*1,3-16H2,2H3;/q;2*-1;+2. The predicted molar refractivity (Wildman–Crippen MR) is 354 cm³/mol. The maximum absolute atomic E-state index is 12.5. The number of hydrogen-bond acceptors (Lipinski definition) is 0. The number of unbranched alkanes of at least 4 members (excludes halogenated alkanes) is 30. The summed E-state index contributed by atoms with van der Waals surface area (Å²) in [5.41, 5.74) is 29.1. The second-order valence-electron chi connectivity index (χ2n) is 24.1. The van der Waals surface area contributed by atoms with Gasteiger partial charge in [-0.15, -0.1) is 0 Å². The number of nitrogens with zero attached hydrogens (tertiary/aromatic N) is 2. The first kappa shape index (κ1) is 77.0. The van der Waals surface area contributed by atoms with Crippen molar-refractivity contribution >= 4 is 11.4 Å². The van der Waals surface area contributed by atoms with Gasteiger partial charge in [-0.25, -0.2) is 4.70 Å². The molecule has 0 fully saturated rings. The Morgan fingerprint density at radius 3 is 0.747 bits per heavy atom. The van der Waals surface area contributed by atoms with Crippen LogP contribution in [0.2, 0.25) is 0 Å². The second-order valence-corrected chi connectivity index (χ2v) is 24.1. The second kappa shape index (κ2) is 54.0. The van der Waals surface area contributed by atoms with Crippen molar-refractivity contribution in [1.29, 1.82) is 0 Å². The zero-order valence-electron chi connectivity index (χ0n) is 54.9. The Morgan fingerprint density at radius 1 is 0.278 bits per heavy atom. The number of allylic oxidation sites excluding steroid dienone is 2. The van der Waals surface area contributed by atoms with Crippen LogP contribution in [0.5, 0.6) is 0 Å². The molecule has 1 aliphatic heterocycles.